The van der Waals surface area contributed by atoms with E-state index < -0.39 is 0 Å². The van der Waals surface area contributed by atoms with Crippen molar-refractivity contribution in [3.05, 3.63) is 71.3 Å². The molecular weight excluding hydrogens is 334 g/mol. The van der Waals surface area contributed by atoms with Gasteiger partial charge in [0.15, 0.2) is 0 Å². The van der Waals surface area contributed by atoms with E-state index in [-0.39, 0.29) is 0 Å². The topological polar surface area (TPSA) is 58.3 Å². The second kappa shape index (κ2) is 6.67. The molecule has 2 heterocycles. The van der Waals surface area contributed by atoms with Crippen LogP contribution in [0.2, 0.25) is 0 Å². The Hall–Kier alpha value is -2.92. The molecule has 0 amide bonds. The summed E-state index contributed by atoms with van der Waals surface area (Å²) in [5, 5.41) is 0. The number of fused-ring (bicyclic) bond motifs is 3. The SMILES string of the molecule is Nc1nc2c(c(N3CCN(Cc4ccccc4)CC3)n1)Cc1ccccc1-2. The van der Waals surface area contributed by atoms with Crippen molar-refractivity contribution in [3.8, 4) is 11.3 Å². The maximum Gasteiger partial charge on any atom is 0.222 e. The average molecular weight is 357 g/mol. The number of hydrogen-bond acceptors (Lipinski definition) is 5. The van der Waals surface area contributed by atoms with Gasteiger partial charge in [-0.25, -0.2) is 4.98 Å². The molecule has 0 spiro atoms. The predicted octanol–water partition coefficient (Wildman–Crippen LogP) is 2.95. The third-order valence-electron chi connectivity index (χ3n) is 5.56. The van der Waals surface area contributed by atoms with Crippen LogP contribution in [-0.2, 0) is 13.0 Å². The first-order valence-electron chi connectivity index (χ1n) is 9.54. The fourth-order valence-electron chi connectivity index (χ4n) is 4.19. The first-order chi connectivity index (χ1) is 13.3. The van der Waals surface area contributed by atoms with Crippen molar-refractivity contribution in [3.63, 3.8) is 0 Å². The molecule has 0 bridgehead atoms. The second-order valence-corrected chi connectivity index (χ2v) is 7.32. The third kappa shape index (κ3) is 3.04. The fourth-order valence-corrected chi connectivity index (χ4v) is 4.19. The molecule has 1 saturated heterocycles. The van der Waals surface area contributed by atoms with Gasteiger partial charge >= 0.3 is 0 Å². The fraction of sp³-hybridized carbons (Fsp3) is 0.273. The summed E-state index contributed by atoms with van der Waals surface area (Å²) in [4.78, 5) is 14.1. The zero-order valence-corrected chi connectivity index (χ0v) is 15.3. The van der Waals surface area contributed by atoms with Crippen molar-refractivity contribution in [2.24, 2.45) is 0 Å². The van der Waals surface area contributed by atoms with E-state index in [0.29, 0.717) is 5.95 Å². The molecule has 1 fully saturated rings. The molecule has 5 nitrogen and oxygen atoms in total. The zero-order valence-electron chi connectivity index (χ0n) is 15.3. The molecule has 2 aliphatic rings. The quantitative estimate of drug-likeness (QED) is 0.611. The van der Waals surface area contributed by atoms with Crippen molar-refractivity contribution >= 4 is 11.8 Å². The van der Waals surface area contributed by atoms with E-state index in [0.717, 1.165) is 50.7 Å². The van der Waals surface area contributed by atoms with Crippen molar-refractivity contribution < 1.29 is 0 Å². The van der Waals surface area contributed by atoms with Gasteiger partial charge in [0.05, 0.1) is 5.69 Å². The van der Waals surface area contributed by atoms with Gasteiger partial charge in [-0.1, -0.05) is 54.6 Å². The molecule has 1 aliphatic carbocycles. The molecule has 0 saturated carbocycles. The number of nitrogens with zero attached hydrogens (tertiary/aromatic N) is 4. The van der Waals surface area contributed by atoms with Crippen molar-refractivity contribution in [2.75, 3.05) is 36.8 Å². The van der Waals surface area contributed by atoms with Crippen LogP contribution in [0.4, 0.5) is 11.8 Å². The largest absolute Gasteiger partial charge is 0.368 e. The average Bonchev–Trinajstić information content (AvgIpc) is 3.07. The molecule has 0 atom stereocenters. The van der Waals surface area contributed by atoms with Crippen LogP contribution < -0.4 is 10.6 Å². The number of aromatic nitrogens is 2. The van der Waals surface area contributed by atoms with E-state index >= 15 is 0 Å². The van der Waals surface area contributed by atoms with Gasteiger partial charge in [0.25, 0.3) is 0 Å². The molecule has 0 unspecified atom stereocenters. The Balaban J connectivity index is 1.36. The van der Waals surface area contributed by atoms with Gasteiger partial charge in [-0.2, -0.15) is 4.98 Å². The molecular formula is C22H23N5. The monoisotopic (exact) mass is 357 g/mol. The number of nitrogens with two attached hydrogens (primary N) is 1. The van der Waals surface area contributed by atoms with Crippen molar-refractivity contribution in [1.82, 2.24) is 14.9 Å². The summed E-state index contributed by atoms with van der Waals surface area (Å²) in [6.07, 6.45) is 0.894. The predicted molar refractivity (Wildman–Crippen MR) is 109 cm³/mol. The highest BCUT2D eigenvalue weighted by molar-refractivity contribution is 5.79. The van der Waals surface area contributed by atoms with E-state index in [1.54, 1.807) is 0 Å². The number of nitrogen functional groups attached to an aromatic ring is 1. The van der Waals surface area contributed by atoms with E-state index in [9.17, 15) is 0 Å². The Morgan fingerprint density at radius 2 is 1.59 bits per heavy atom. The van der Waals surface area contributed by atoms with Crippen LogP contribution in [0.15, 0.2) is 54.6 Å². The van der Waals surface area contributed by atoms with E-state index in [2.05, 4.69) is 74.4 Å². The molecule has 0 radical (unpaired) electrons. The van der Waals surface area contributed by atoms with Gasteiger partial charge in [0, 0.05) is 50.3 Å². The minimum Gasteiger partial charge on any atom is -0.368 e. The van der Waals surface area contributed by atoms with Crippen LogP contribution in [0.25, 0.3) is 11.3 Å². The van der Waals surface area contributed by atoms with Crippen LogP contribution in [0, 0.1) is 0 Å². The van der Waals surface area contributed by atoms with Crippen molar-refractivity contribution in [1.29, 1.82) is 0 Å². The third-order valence-corrected chi connectivity index (χ3v) is 5.56. The summed E-state index contributed by atoms with van der Waals surface area (Å²) in [5.74, 6) is 1.39. The van der Waals surface area contributed by atoms with Crippen LogP contribution in [0.3, 0.4) is 0 Å². The first kappa shape index (κ1) is 16.3. The zero-order chi connectivity index (χ0) is 18.2. The summed E-state index contributed by atoms with van der Waals surface area (Å²) in [6.45, 7) is 4.99. The maximum absolute atomic E-state index is 6.07. The maximum atomic E-state index is 6.07. The highest BCUT2D eigenvalue weighted by atomic mass is 15.3. The lowest BCUT2D eigenvalue weighted by atomic mass is 10.1. The Labute approximate surface area is 159 Å². The lowest BCUT2D eigenvalue weighted by Crippen LogP contribution is -2.46. The number of benzene rings is 2. The van der Waals surface area contributed by atoms with E-state index in [1.807, 2.05) is 0 Å². The highest BCUT2D eigenvalue weighted by Crippen LogP contribution is 2.39. The molecule has 27 heavy (non-hydrogen) atoms. The lowest BCUT2D eigenvalue weighted by Gasteiger charge is -2.36. The Kier molecular flexibility index (Phi) is 4.02. The summed E-state index contributed by atoms with van der Waals surface area (Å²) in [7, 11) is 0. The first-order valence-corrected chi connectivity index (χ1v) is 9.54. The molecule has 2 N–H and O–H groups in total. The second-order valence-electron chi connectivity index (χ2n) is 7.32. The number of anilines is 2. The smallest absolute Gasteiger partial charge is 0.222 e. The minimum absolute atomic E-state index is 0.368. The number of piperazine rings is 1. The van der Waals surface area contributed by atoms with Crippen LogP contribution >= 0.6 is 0 Å². The summed E-state index contributed by atoms with van der Waals surface area (Å²) in [6, 6.07) is 19.1. The molecule has 2 aromatic carbocycles. The molecule has 1 aromatic heterocycles. The summed E-state index contributed by atoms with van der Waals surface area (Å²) >= 11 is 0. The van der Waals surface area contributed by atoms with Crippen LogP contribution in [-0.4, -0.2) is 41.0 Å². The Morgan fingerprint density at radius 3 is 2.41 bits per heavy atom. The van der Waals surface area contributed by atoms with Gasteiger partial charge < -0.3 is 10.6 Å². The Bertz CT molecular complexity index is 962. The minimum atomic E-state index is 0.368. The normalized spacial score (nSPS) is 16.2. The molecule has 3 aromatic rings. The molecule has 136 valence electrons. The molecule has 5 heteroatoms. The van der Waals surface area contributed by atoms with Gasteiger partial charge in [0.2, 0.25) is 5.95 Å². The van der Waals surface area contributed by atoms with Crippen LogP contribution in [0.5, 0.6) is 0 Å². The standard InChI is InChI=1S/C22H23N5/c23-22-24-20-18-9-5-4-8-17(18)14-19(20)21(25-22)27-12-10-26(11-13-27)15-16-6-2-1-3-7-16/h1-9H,10-15H2,(H2,23,24,25). The van der Waals surface area contributed by atoms with Crippen LogP contribution in [0.1, 0.15) is 16.7 Å². The number of rotatable bonds is 3. The lowest BCUT2D eigenvalue weighted by molar-refractivity contribution is 0.249. The highest BCUT2D eigenvalue weighted by Gasteiger charge is 2.28. The van der Waals surface area contributed by atoms with Gasteiger partial charge in [0.1, 0.15) is 5.82 Å². The van der Waals surface area contributed by atoms with Crippen molar-refractivity contribution in [2.45, 2.75) is 13.0 Å². The number of hydrogen-bond donors (Lipinski definition) is 1. The van der Waals surface area contributed by atoms with Gasteiger partial charge in [-0.15, -0.1) is 0 Å². The van der Waals surface area contributed by atoms with Gasteiger partial charge in [-0.05, 0) is 11.1 Å². The van der Waals surface area contributed by atoms with E-state index in [4.69, 9.17) is 5.73 Å². The Morgan fingerprint density at radius 1 is 0.852 bits per heavy atom. The van der Waals surface area contributed by atoms with Gasteiger partial charge in [-0.3, -0.25) is 4.90 Å². The molecule has 1 aliphatic heterocycles. The summed E-state index contributed by atoms with van der Waals surface area (Å²) in [5.41, 5.74) is 12.2. The van der Waals surface area contributed by atoms with E-state index in [1.165, 1.54) is 22.3 Å². The summed E-state index contributed by atoms with van der Waals surface area (Å²) < 4.78 is 0. The molecule has 5 rings (SSSR count).